The molecule has 3 aromatic rings. The Balaban J connectivity index is 2.06. The summed E-state index contributed by atoms with van der Waals surface area (Å²) in [6.07, 6.45) is 0.360. The first-order valence-electron chi connectivity index (χ1n) is 12.0. The first-order chi connectivity index (χ1) is 17.6. The number of carbonyl (C=O) groups is 2. The number of likely N-dealkylation sites (N-methyl/N-ethyl adjacent to an activating group) is 1. The van der Waals surface area contributed by atoms with Gasteiger partial charge in [0.1, 0.15) is 12.6 Å². The van der Waals surface area contributed by atoms with Crippen LogP contribution in [-0.4, -0.2) is 44.8 Å². The maximum absolute atomic E-state index is 13.9. The van der Waals surface area contributed by atoms with Crippen LogP contribution < -0.4 is 9.62 Å². The first kappa shape index (κ1) is 28.2. The molecule has 9 heteroatoms. The average Bonchev–Trinajstić information content (AvgIpc) is 2.87. The lowest BCUT2D eigenvalue weighted by atomic mass is 10.1. The number of amides is 2. The highest BCUT2D eigenvalue weighted by atomic mass is 35.5. The Kier molecular flexibility index (Phi) is 9.34. The van der Waals surface area contributed by atoms with Crippen molar-refractivity contribution in [3.63, 3.8) is 0 Å². The van der Waals surface area contributed by atoms with E-state index in [0.29, 0.717) is 11.4 Å². The zero-order valence-corrected chi connectivity index (χ0v) is 23.0. The fourth-order valence-corrected chi connectivity index (χ4v) is 5.68. The van der Waals surface area contributed by atoms with Crippen molar-refractivity contribution >= 4 is 39.1 Å². The summed E-state index contributed by atoms with van der Waals surface area (Å²) in [5.41, 5.74) is 3.02. The van der Waals surface area contributed by atoms with E-state index < -0.39 is 28.5 Å². The maximum atomic E-state index is 13.9. The molecule has 37 heavy (non-hydrogen) atoms. The Morgan fingerprint density at radius 2 is 1.62 bits per heavy atom. The zero-order valence-electron chi connectivity index (χ0n) is 21.4. The molecule has 0 radical (unpaired) electrons. The fourth-order valence-electron chi connectivity index (χ4n) is 4.09. The molecule has 0 spiro atoms. The molecule has 3 aromatic carbocycles. The van der Waals surface area contributed by atoms with E-state index in [-0.39, 0.29) is 23.0 Å². The van der Waals surface area contributed by atoms with Gasteiger partial charge in [-0.3, -0.25) is 13.9 Å². The van der Waals surface area contributed by atoms with Gasteiger partial charge in [-0.15, -0.1) is 0 Å². The van der Waals surface area contributed by atoms with Crippen LogP contribution in [0.25, 0.3) is 0 Å². The molecule has 0 aromatic heterocycles. The van der Waals surface area contributed by atoms with Crippen molar-refractivity contribution in [1.82, 2.24) is 10.2 Å². The summed E-state index contributed by atoms with van der Waals surface area (Å²) in [5, 5.41) is 2.96. The molecule has 0 bridgehead atoms. The number of aryl methyl sites for hydroxylation is 2. The molecule has 0 heterocycles. The minimum Gasteiger partial charge on any atom is -0.357 e. The van der Waals surface area contributed by atoms with Crippen LogP contribution in [0.4, 0.5) is 5.69 Å². The second-order valence-corrected chi connectivity index (χ2v) is 11.2. The number of nitrogens with one attached hydrogen (secondary N) is 1. The van der Waals surface area contributed by atoms with Crippen LogP contribution >= 0.6 is 11.6 Å². The van der Waals surface area contributed by atoms with Crippen LogP contribution in [0.1, 0.15) is 30.0 Å². The van der Waals surface area contributed by atoms with Gasteiger partial charge in [-0.25, -0.2) is 8.42 Å². The minimum absolute atomic E-state index is 0.0504. The summed E-state index contributed by atoms with van der Waals surface area (Å²) >= 11 is 6.19. The van der Waals surface area contributed by atoms with E-state index in [1.165, 1.54) is 30.1 Å². The van der Waals surface area contributed by atoms with Crippen molar-refractivity contribution < 1.29 is 18.0 Å². The van der Waals surface area contributed by atoms with Crippen LogP contribution in [0.15, 0.2) is 77.7 Å². The quantitative estimate of drug-likeness (QED) is 0.403. The molecule has 196 valence electrons. The summed E-state index contributed by atoms with van der Waals surface area (Å²) < 4.78 is 28.6. The summed E-state index contributed by atoms with van der Waals surface area (Å²) in [6, 6.07) is 19.6. The van der Waals surface area contributed by atoms with Crippen molar-refractivity contribution in [2.75, 3.05) is 17.9 Å². The SMILES string of the molecule is CCC(C(=O)NC)N(Cc1cccc(C)c1)C(=O)CN(c1cccc(Cl)c1)S(=O)(=O)c1ccc(C)cc1. The Hall–Kier alpha value is -3.36. The number of hydrogen-bond donors (Lipinski definition) is 1. The van der Waals surface area contributed by atoms with Gasteiger partial charge in [-0.05, 0) is 56.2 Å². The molecule has 2 amide bonds. The van der Waals surface area contributed by atoms with Gasteiger partial charge in [-0.2, -0.15) is 0 Å². The third-order valence-electron chi connectivity index (χ3n) is 6.05. The van der Waals surface area contributed by atoms with E-state index in [1.807, 2.05) is 45.0 Å². The van der Waals surface area contributed by atoms with Gasteiger partial charge in [0, 0.05) is 18.6 Å². The van der Waals surface area contributed by atoms with Gasteiger partial charge in [-0.1, -0.05) is 72.1 Å². The second-order valence-electron chi connectivity index (χ2n) is 8.85. The minimum atomic E-state index is -4.13. The van der Waals surface area contributed by atoms with Crippen molar-refractivity contribution in [3.05, 3.63) is 94.5 Å². The number of hydrogen-bond acceptors (Lipinski definition) is 4. The van der Waals surface area contributed by atoms with Gasteiger partial charge in [0.2, 0.25) is 11.8 Å². The molecular formula is C28H32ClN3O4S. The van der Waals surface area contributed by atoms with E-state index in [1.54, 1.807) is 30.3 Å². The number of carbonyl (C=O) groups excluding carboxylic acids is 2. The predicted molar refractivity (Wildman–Crippen MR) is 147 cm³/mol. The first-order valence-corrected chi connectivity index (χ1v) is 13.8. The molecule has 0 saturated carbocycles. The predicted octanol–water partition coefficient (Wildman–Crippen LogP) is 4.71. The van der Waals surface area contributed by atoms with Crippen molar-refractivity contribution in [2.45, 2.75) is 44.7 Å². The topological polar surface area (TPSA) is 86.8 Å². The van der Waals surface area contributed by atoms with Crippen LogP contribution in [0.2, 0.25) is 5.02 Å². The highest BCUT2D eigenvalue weighted by molar-refractivity contribution is 7.92. The van der Waals surface area contributed by atoms with E-state index >= 15 is 0 Å². The van der Waals surface area contributed by atoms with Crippen LogP contribution in [0.3, 0.4) is 0 Å². The molecule has 1 atom stereocenters. The summed E-state index contributed by atoms with van der Waals surface area (Å²) in [4.78, 5) is 28.1. The van der Waals surface area contributed by atoms with Crippen molar-refractivity contribution in [2.24, 2.45) is 0 Å². The van der Waals surface area contributed by atoms with Crippen molar-refractivity contribution in [3.8, 4) is 0 Å². The fraction of sp³-hybridized carbons (Fsp3) is 0.286. The number of rotatable bonds is 10. The molecule has 0 aliphatic heterocycles. The van der Waals surface area contributed by atoms with Crippen molar-refractivity contribution in [1.29, 1.82) is 0 Å². The number of sulfonamides is 1. The largest absolute Gasteiger partial charge is 0.357 e. The summed E-state index contributed by atoms with van der Waals surface area (Å²) in [6.45, 7) is 5.27. The number of nitrogens with zero attached hydrogens (tertiary/aromatic N) is 2. The Labute approximate surface area is 224 Å². The molecule has 1 unspecified atom stereocenters. The van der Waals surface area contributed by atoms with Crippen LogP contribution in [-0.2, 0) is 26.2 Å². The molecule has 1 N–H and O–H groups in total. The lowest BCUT2D eigenvalue weighted by Gasteiger charge is -2.33. The highest BCUT2D eigenvalue weighted by Gasteiger charge is 2.33. The van der Waals surface area contributed by atoms with E-state index in [2.05, 4.69) is 5.32 Å². The lowest BCUT2D eigenvalue weighted by Crippen LogP contribution is -2.51. The van der Waals surface area contributed by atoms with Gasteiger partial charge in [0.15, 0.2) is 0 Å². The zero-order chi connectivity index (χ0) is 27.2. The number of anilines is 1. The average molecular weight is 542 g/mol. The molecule has 0 fully saturated rings. The maximum Gasteiger partial charge on any atom is 0.264 e. The third kappa shape index (κ3) is 6.90. The molecular weight excluding hydrogens is 510 g/mol. The molecule has 3 rings (SSSR count). The number of halogens is 1. The second kappa shape index (κ2) is 12.3. The highest BCUT2D eigenvalue weighted by Crippen LogP contribution is 2.27. The third-order valence-corrected chi connectivity index (χ3v) is 8.07. The van der Waals surface area contributed by atoms with E-state index in [9.17, 15) is 18.0 Å². The molecule has 0 saturated heterocycles. The van der Waals surface area contributed by atoms with Crippen LogP contribution in [0, 0.1) is 13.8 Å². The normalized spacial score (nSPS) is 12.0. The Bertz CT molecular complexity index is 1360. The van der Waals surface area contributed by atoms with Crippen LogP contribution in [0.5, 0.6) is 0 Å². The Morgan fingerprint density at radius 1 is 0.946 bits per heavy atom. The van der Waals surface area contributed by atoms with E-state index in [0.717, 1.165) is 21.0 Å². The number of benzene rings is 3. The smallest absolute Gasteiger partial charge is 0.264 e. The van der Waals surface area contributed by atoms with Gasteiger partial charge in [0.05, 0.1) is 10.6 Å². The van der Waals surface area contributed by atoms with E-state index in [4.69, 9.17) is 11.6 Å². The molecule has 0 aliphatic rings. The van der Waals surface area contributed by atoms with Gasteiger partial charge < -0.3 is 10.2 Å². The lowest BCUT2D eigenvalue weighted by molar-refractivity contribution is -0.140. The summed E-state index contributed by atoms with van der Waals surface area (Å²) in [5.74, 6) is -0.827. The Morgan fingerprint density at radius 3 is 2.22 bits per heavy atom. The standard InChI is InChI=1S/C28H32ClN3O4S/c1-5-26(28(34)30-4)31(18-22-9-6-8-21(3)16-22)27(33)19-32(24-11-7-10-23(29)17-24)37(35,36)25-14-12-20(2)13-15-25/h6-17,26H,5,18-19H2,1-4H3,(H,30,34). The molecule has 7 nitrogen and oxygen atoms in total. The van der Waals surface area contributed by atoms with Gasteiger partial charge >= 0.3 is 0 Å². The van der Waals surface area contributed by atoms with Gasteiger partial charge in [0.25, 0.3) is 10.0 Å². The summed E-state index contributed by atoms with van der Waals surface area (Å²) in [7, 11) is -2.61. The monoisotopic (exact) mass is 541 g/mol. The molecule has 0 aliphatic carbocycles.